The minimum absolute atomic E-state index is 0.111. The van der Waals surface area contributed by atoms with E-state index in [0.29, 0.717) is 25.1 Å². The smallest absolute Gasteiger partial charge is 0.285 e. The fraction of sp³-hybridized carbons (Fsp3) is 0.200. The number of aryl methyl sites for hydroxylation is 1. The Morgan fingerprint density at radius 1 is 1.30 bits per heavy atom. The van der Waals surface area contributed by atoms with E-state index in [1.807, 2.05) is 24.4 Å². The maximum absolute atomic E-state index is 12.9. The molecule has 0 unspecified atom stereocenters. The number of H-pyrrole nitrogens is 1. The topological polar surface area (TPSA) is 92.1 Å². The molecule has 0 aliphatic carbocycles. The monoisotopic (exact) mass is 362 g/mol. The molecule has 2 aromatic heterocycles. The Bertz CT molecular complexity index is 1080. The number of pyridine rings is 1. The Hall–Kier alpha value is -3.48. The summed E-state index contributed by atoms with van der Waals surface area (Å²) in [7, 11) is 0. The Morgan fingerprint density at radius 2 is 2.15 bits per heavy atom. The van der Waals surface area contributed by atoms with Crippen LogP contribution in [0.1, 0.15) is 27.9 Å². The summed E-state index contributed by atoms with van der Waals surface area (Å²) in [6.07, 6.45) is 6.38. The first-order chi connectivity index (χ1) is 13.1. The van der Waals surface area contributed by atoms with E-state index >= 15 is 0 Å². The number of aromatic nitrogens is 2. The number of carbonyl (C=O) groups is 1. The van der Waals surface area contributed by atoms with Crippen LogP contribution in [0.4, 0.5) is 5.69 Å². The Morgan fingerprint density at radius 3 is 2.89 bits per heavy atom. The average molecular weight is 362 g/mol. The lowest BCUT2D eigenvalue weighted by Crippen LogP contribution is -2.35. The zero-order chi connectivity index (χ0) is 19.0. The molecule has 7 nitrogen and oxygen atoms in total. The normalized spacial score (nSPS) is 14.3. The van der Waals surface area contributed by atoms with Gasteiger partial charge in [0.15, 0.2) is 0 Å². The molecule has 4 rings (SSSR count). The molecule has 0 radical (unpaired) electrons. The second kappa shape index (κ2) is 6.68. The number of carbonyl (C=O) groups excluding carboxylic acids is 1. The zero-order valence-corrected chi connectivity index (χ0v) is 14.8. The van der Waals surface area contributed by atoms with Crippen LogP contribution in [0.25, 0.3) is 16.6 Å². The van der Waals surface area contributed by atoms with Crippen LogP contribution in [0, 0.1) is 17.0 Å². The van der Waals surface area contributed by atoms with Gasteiger partial charge in [-0.05, 0) is 37.1 Å². The molecule has 0 saturated heterocycles. The first-order valence-corrected chi connectivity index (χ1v) is 8.71. The summed E-state index contributed by atoms with van der Waals surface area (Å²) < 4.78 is 0. The summed E-state index contributed by atoms with van der Waals surface area (Å²) in [5, 5.41) is 12.4. The van der Waals surface area contributed by atoms with Crippen molar-refractivity contribution in [2.45, 2.75) is 13.3 Å². The van der Waals surface area contributed by atoms with Gasteiger partial charge in [0.05, 0.1) is 4.92 Å². The van der Waals surface area contributed by atoms with Crippen molar-refractivity contribution in [3.8, 4) is 0 Å². The second-order valence-electron chi connectivity index (χ2n) is 6.56. The molecule has 3 aromatic rings. The van der Waals surface area contributed by atoms with Gasteiger partial charge in [0, 0.05) is 42.0 Å². The van der Waals surface area contributed by atoms with Crippen molar-refractivity contribution in [3.05, 3.63) is 75.6 Å². The second-order valence-corrected chi connectivity index (χ2v) is 6.56. The largest absolute Gasteiger partial charge is 0.346 e. The van der Waals surface area contributed by atoms with Crippen molar-refractivity contribution in [2.75, 3.05) is 13.1 Å². The third-order valence-electron chi connectivity index (χ3n) is 4.94. The Labute approximate surface area is 155 Å². The van der Waals surface area contributed by atoms with Crippen LogP contribution >= 0.6 is 0 Å². The molecule has 0 atom stereocenters. The number of nitro groups is 1. The van der Waals surface area contributed by atoms with Crippen LogP contribution in [0.2, 0.25) is 0 Å². The number of nitrogens with one attached hydrogen (secondary N) is 1. The molecule has 0 bridgehead atoms. The summed E-state index contributed by atoms with van der Waals surface area (Å²) in [5.41, 5.74) is 3.60. The van der Waals surface area contributed by atoms with Crippen molar-refractivity contribution < 1.29 is 9.72 Å². The molecule has 7 heteroatoms. The van der Waals surface area contributed by atoms with Crippen molar-refractivity contribution in [3.63, 3.8) is 0 Å². The molecule has 1 aliphatic heterocycles. The first-order valence-electron chi connectivity index (χ1n) is 8.71. The maximum Gasteiger partial charge on any atom is 0.285 e. The third-order valence-corrected chi connectivity index (χ3v) is 4.94. The minimum atomic E-state index is -0.479. The van der Waals surface area contributed by atoms with Crippen molar-refractivity contribution in [1.29, 1.82) is 0 Å². The molecule has 3 heterocycles. The van der Waals surface area contributed by atoms with Gasteiger partial charge in [-0.3, -0.25) is 14.9 Å². The van der Waals surface area contributed by atoms with Gasteiger partial charge in [-0.15, -0.1) is 0 Å². The van der Waals surface area contributed by atoms with Crippen LogP contribution in [-0.2, 0) is 0 Å². The highest BCUT2D eigenvalue weighted by molar-refractivity contribution is 5.99. The van der Waals surface area contributed by atoms with Gasteiger partial charge < -0.3 is 9.88 Å². The molecule has 1 aromatic carbocycles. The van der Waals surface area contributed by atoms with Gasteiger partial charge in [-0.2, -0.15) is 0 Å². The number of fused-ring (bicyclic) bond motifs is 1. The lowest BCUT2D eigenvalue weighted by molar-refractivity contribution is -0.385. The van der Waals surface area contributed by atoms with Crippen LogP contribution in [-0.4, -0.2) is 38.8 Å². The summed E-state index contributed by atoms with van der Waals surface area (Å²) in [5.74, 6) is -0.304. The van der Waals surface area contributed by atoms with Gasteiger partial charge in [-0.25, -0.2) is 4.98 Å². The molecule has 27 heavy (non-hydrogen) atoms. The van der Waals surface area contributed by atoms with Crippen molar-refractivity contribution >= 4 is 28.2 Å². The van der Waals surface area contributed by atoms with Crippen LogP contribution in [0.15, 0.2) is 48.8 Å². The minimum Gasteiger partial charge on any atom is -0.346 e. The molecule has 1 amide bonds. The highest BCUT2D eigenvalue weighted by Gasteiger charge is 2.27. The van der Waals surface area contributed by atoms with E-state index in [4.69, 9.17) is 0 Å². The van der Waals surface area contributed by atoms with Gasteiger partial charge in [-0.1, -0.05) is 18.2 Å². The van der Waals surface area contributed by atoms with E-state index in [0.717, 1.165) is 22.2 Å². The van der Waals surface area contributed by atoms with Crippen LogP contribution in [0.5, 0.6) is 0 Å². The van der Waals surface area contributed by atoms with E-state index in [1.165, 1.54) is 6.07 Å². The number of hydrogen-bond acceptors (Lipinski definition) is 4. The molecule has 0 saturated carbocycles. The highest BCUT2D eigenvalue weighted by atomic mass is 16.6. The number of hydrogen-bond donors (Lipinski definition) is 1. The summed E-state index contributed by atoms with van der Waals surface area (Å²) in [6, 6.07) is 8.77. The molecule has 0 fully saturated rings. The van der Waals surface area contributed by atoms with Gasteiger partial charge in [0.1, 0.15) is 11.2 Å². The molecule has 136 valence electrons. The lowest BCUT2D eigenvalue weighted by Gasteiger charge is -2.26. The van der Waals surface area contributed by atoms with E-state index in [1.54, 1.807) is 30.2 Å². The predicted molar refractivity (Wildman–Crippen MR) is 102 cm³/mol. The summed E-state index contributed by atoms with van der Waals surface area (Å²) >= 11 is 0. The maximum atomic E-state index is 12.9. The van der Waals surface area contributed by atoms with Gasteiger partial charge >= 0.3 is 0 Å². The molecule has 0 spiro atoms. The Balaban J connectivity index is 1.60. The fourth-order valence-corrected chi connectivity index (χ4v) is 3.56. The van der Waals surface area contributed by atoms with Crippen LogP contribution < -0.4 is 0 Å². The number of aromatic amines is 1. The number of rotatable bonds is 3. The first kappa shape index (κ1) is 17.0. The molecular weight excluding hydrogens is 344 g/mol. The van der Waals surface area contributed by atoms with Crippen LogP contribution in [0.3, 0.4) is 0 Å². The number of benzene rings is 1. The average Bonchev–Trinajstić information content (AvgIpc) is 3.11. The fourth-order valence-electron chi connectivity index (χ4n) is 3.56. The van der Waals surface area contributed by atoms with E-state index in [2.05, 4.69) is 9.97 Å². The predicted octanol–water partition coefficient (Wildman–Crippen LogP) is 3.71. The lowest BCUT2D eigenvalue weighted by atomic mass is 9.98. The number of para-hydroxylation sites is 1. The van der Waals surface area contributed by atoms with Gasteiger partial charge in [0.25, 0.3) is 11.6 Å². The number of nitrogens with zero attached hydrogens (tertiary/aromatic N) is 3. The third kappa shape index (κ3) is 2.97. The molecule has 1 N–H and O–H groups in total. The van der Waals surface area contributed by atoms with E-state index < -0.39 is 4.92 Å². The number of nitro benzene ring substituents is 1. The quantitative estimate of drug-likeness (QED) is 0.568. The molecule has 1 aliphatic rings. The summed E-state index contributed by atoms with van der Waals surface area (Å²) in [4.78, 5) is 32.9. The highest BCUT2D eigenvalue weighted by Crippen LogP contribution is 2.30. The van der Waals surface area contributed by atoms with E-state index in [-0.39, 0.29) is 17.2 Å². The van der Waals surface area contributed by atoms with Crippen molar-refractivity contribution in [2.24, 2.45) is 0 Å². The SMILES string of the molecule is Cc1cccc(C(=O)N2CC=C(c3c[nH]c4ncccc34)CC2)c1[N+](=O)[O-]. The van der Waals surface area contributed by atoms with Gasteiger partial charge in [0.2, 0.25) is 0 Å². The Kier molecular flexibility index (Phi) is 4.19. The standard InChI is InChI=1S/C20H18N4O3/c1-13-4-2-5-16(18(13)24(26)27)20(25)23-10-7-14(8-11-23)17-12-22-19-15(17)6-3-9-21-19/h2-7,9,12H,8,10-11H2,1H3,(H,21,22). The zero-order valence-electron chi connectivity index (χ0n) is 14.8. The van der Waals surface area contributed by atoms with Crippen molar-refractivity contribution in [1.82, 2.24) is 14.9 Å². The molecular formula is C20H18N4O3. The van der Waals surface area contributed by atoms with E-state index in [9.17, 15) is 14.9 Å². The number of amides is 1. The summed E-state index contributed by atoms with van der Waals surface area (Å²) in [6.45, 7) is 2.59.